The number of halogens is 2. The van der Waals surface area contributed by atoms with E-state index in [1.54, 1.807) is 36.6 Å². The number of fused-ring (bicyclic) bond motifs is 1. The molecule has 0 radical (unpaired) electrons. The van der Waals surface area contributed by atoms with E-state index in [9.17, 15) is 19.4 Å². The molecule has 2 heterocycles. The van der Waals surface area contributed by atoms with E-state index in [1.165, 1.54) is 18.2 Å². The van der Waals surface area contributed by atoms with E-state index >= 15 is 0 Å². The quantitative estimate of drug-likeness (QED) is 0.403. The number of carbonyl (C=O) groups is 1. The Balaban J connectivity index is 1.30. The maximum Gasteiger partial charge on any atom is 0.274 e. The van der Waals surface area contributed by atoms with Crippen molar-refractivity contribution in [2.75, 3.05) is 5.32 Å². The van der Waals surface area contributed by atoms with Crippen LogP contribution in [0.5, 0.6) is 0 Å². The number of anilines is 1. The normalized spacial score (nSPS) is 25.6. The van der Waals surface area contributed by atoms with Crippen molar-refractivity contribution in [1.29, 1.82) is 0 Å². The van der Waals surface area contributed by atoms with Gasteiger partial charge in [-0.1, -0.05) is 24.4 Å². The molecule has 3 unspecified atom stereocenters. The van der Waals surface area contributed by atoms with E-state index in [2.05, 4.69) is 27.2 Å². The Bertz CT molecular complexity index is 1470. The Labute approximate surface area is 232 Å². The van der Waals surface area contributed by atoms with Crippen LogP contribution >= 0.6 is 11.6 Å². The lowest BCUT2D eigenvalue weighted by atomic mass is 9.90. The van der Waals surface area contributed by atoms with Gasteiger partial charge in [-0.05, 0) is 81.0 Å². The molecule has 0 bridgehead atoms. The summed E-state index contributed by atoms with van der Waals surface area (Å²) in [6.07, 6.45) is 4.97. The first-order valence-electron chi connectivity index (χ1n) is 13.2. The minimum atomic E-state index is -1.08. The SMILES string of the molecule is CCC(C)(O)C#Cc1cc(C2(O)CC3CC(c4ncn(C)c4C(=O)Nc4ccc(F)c(Cl)c4)CC3C2)n(C)n1. The maximum atomic E-state index is 13.5. The molecule has 2 fully saturated rings. The molecule has 2 aliphatic rings. The first kappa shape index (κ1) is 27.4. The summed E-state index contributed by atoms with van der Waals surface area (Å²) in [5.41, 5.74) is 0.769. The molecule has 3 aromatic rings. The van der Waals surface area contributed by atoms with E-state index in [0.717, 1.165) is 24.2 Å². The number of aliphatic hydroxyl groups is 2. The van der Waals surface area contributed by atoms with Crippen molar-refractivity contribution in [3.8, 4) is 11.8 Å². The second kappa shape index (κ2) is 10.1. The number of rotatable bonds is 5. The van der Waals surface area contributed by atoms with E-state index in [1.807, 2.05) is 13.0 Å². The average Bonchev–Trinajstić information content (AvgIpc) is 3.62. The fourth-order valence-corrected chi connectivity index (χ4v) is 6.31. The number of hydrogen-bond donors (Lipinski definition) is 3. The van der Waals surface area contributed by atoms with E-state index in [4.69, 9.17) is 11.6 Å². The number of benzene rings is 1. The molecular formula is C29H33ClFN5O3. The van der Waals surface area contributed by atoms with Crippen molar-refractivity contribution in [1.82, 2.24) is 19.3 Å². The number of imidazole rings is 1. The highest BCUT2D eigenvalue weighted by Gasteiger charge is 2.51. The standard InChI is InChI=1S/C29H33ClFN5O3/c1-5-28(2,38)9-8-21-13-24(36(4)34-21)29(39)14-18-10-17(11-19(18)15-29)25-26(35(3)16-32-25)27(37)33-20-6-7-23(31)22(30)12-20/h6-7,12-13,16-19,38-39H,5,10-11,14-15H2,1-4H3,(H,33,37). The molecule has 8 nitrogen and oxygen atoms in total. The second-order valence-corrected chi connectivity index (χ2v) is 11.6. The first-order chi connectivity index (χ1) is 18.4. The van der Waals surface area contributed by atoms with Crippen LogP contribution in [-0.4, -0.2) is 41.1 Å². The molecule has 5 rings (SSSR count). The van der Waals surface area contributed by atoms with Gasteiger partial charge in [0.05, 0.1) is 22.7 Å². The fourth-order valence-electron chi connectivity index (χ4n) is 6.13. The predicted molar refractivity (Wildman–Crippen MR) is 146 cm³/mol. The Hall–Kier alpha value is -3.19. The van der Waals surface area contributed by atoms with Crippen LogP contribution in [0, 0.1) is 29.5 Å². The predicted octanol–water partition coefficient (Wildman–Crippen LogP) is 4.50. The summed E-state index contributed by atoms with van der Waals surface area (Å²) < 4.78 is 16.9. The minimum Gasteiger partial charge on any atom is -0.384 e. The molecule has 1 aromatic carbocycles. The molecule has 2 saturated carbocycles. The Kier molecular flexibility index (Phi) is 7.08. The van der Waals surface area contributed by atoms with Gasteiger partial charge in [0.1, 0.15) is 28.4 Å². The monoisotopic (exact) mass is 553 g/mol. The third-order valence-corrected chi connectivity index (χ3v) is 8.58. The number of nitrogens with zero attached hydrogens (tertiary/aromatic N) is 4. The van der Waals surface area contributed by atoms with Crippen LogP contribution in [0.15, 0.2) is 30.6 Å². The Morgan fingerprint density at radius 1 is 1.28 bits per heavy atom. The third-order valence-electron chi connectivity index (χ3n) is 8.29. The van der Waals surface area contributed by atoms with Crippen molar-refractivity contribution in [3.05, 3.63) is 64.2 Å². The van der Waals surface area contributed by atoms with E-state index in [0.29, 0.717) is 36.3 Å². The summed E-state index contributed by atoms with van der Waals surface area (Å²) in [6.45, 7) is 3.54. The van der Waals surface area contributed by atoms with Crippen LogP contribution in [0.4, 0.5) is 10.1 Å². The largest absolute Gasteiger partial charge is 0.384 e. The number of aryl methyl sites for hydroxylation is 2. The number of nitrogens with one attached hydrogen (secondary N) is 1. The van der Waals surface area contributed by atoms with Gasteiger partial charge >= 0.3 is 0 Å². The Morgan fingerprint density at radius 3 is 2.62 bits per heavy atom. The molecule has 3 N–H and O–H groups in total. The smallest absolute Gasteiger partial charge is 0.274 e. The van der Waals surface area contributed by atoms with Crippen LogP contribution in [0.1, 0.15) is 79.4 Å². The summed E-state index contributed by atoms with van der Waals surface area (Å²) in [4.78, 5) is 17.8. The maximum absolute atomic E-state index is 13.5. The highest BCUT2D eigenvalue weighted by molar-refractivity contribution is 6.31. The average molecular weight is 554 g/mol. The molecule has 0 aliphatic heterocycles. The van der Waals surface area contributed by atoms with Crippen molar-refractivity contribution in [3.63, 3.8) is 0 Å². The first-order valence-corrected chi connectivity index (χ1v) is 13.6. The molecule has 1 amide bonds. The van der Waals surface area contributed by atoms with Gasteiger partial charge in [-0.3, -0.25) is 9.48 Å². The highest BCUT2D eigenvalue weighted by atomic mass is 35.5. The summed E-state index contributed by atoms with van der Waals surface area (Å²) >= 11 is 5.87. The van der Waals surface area contributed by atoms with Crippen LogP contribution in [-0.2, 0) is 19.7 Å². The zero-order valence-corrected chi connectivity index (χ0v) is 23.3. The van der Waals surface area contributed by atoms with Crippen molar-refractivity contribution >= 4 is 23.2 Å². The molecule has 2 aromatic heterocycles. The molecule has 0 spiro atoms. The molecule has 10 heteroatoms. The number of aromatic nitrogens is 4. The summed E-state index contributed by atoms with van der Waals surface area (Å²) in [6, 6.07) is 5.89. The number of carbonyl (C=O) groups excluding carboxylic acids is 1. The van der Waals surface area contributed by atoms with Crippen molar-refractivity contribution < 1.29 is 19.4 Å². The van der Waals surface area contributed by atoms with Crippen molar-refractivity contribution in [2.24, 2.45) is 25.9 Å². The van der Waals surface area contributed by atoms with Crippen molar-refractivity contribution in [2.45, 2.75) is 63.1 Å². The Morgan fingerprint density at radius 2 is 1.97 bits per heavy atom. The highest BCUT2D eigenvalue weighted by Crippen LogP contribution is 2.56. The van der Waals surface area contributed by atoms with Gasteiger partial charge in [-0.15, -0.1) is 0 Å². The molecular weight excluding hydrogens is 521 g/mol. The van der Waals surface area contributed by atoms with E-state index in [-0.39, 0.29) is 28.7 Å². The zero-order valence-electron chi connectivity index (χ0n) is 22.5. The topological polar surface area (TPSA) is 105 Å². The summed E-state index contributed by atoms with van der Waals surface area (Å²) in [5, 5.41) is 29.1. The van der Waals surface area contributed by atoms with Gasteiger partial charge in [-0.25, -0.2) is 9.37 Å². The number of hydrogen-bond acceptors (Lipinski definition) is 5. The lowest BCUT2D eigenvalue weighted by molar-refractivity contribution is 0.0263. The van der Waals surface area contributed by atoms with Crippen LogP contribution in [0.25, 0.3) is 0 Å². The second-order valence-electron chi connectivity index (χ2n) is 11.2. The molecule has 3 atom stereocenters. The fraction of sp³-hybridized carbons (Fsp3) is 0.483. The lowest BCUT2D eigenvalue weighted by Gasteiger charge is -2.25. The molecule has 206 valence electrons. The van der Waals surface area contributed by atoms with Crippen LogP contribution in [0.3, 0.4) is 0 Å². The lowest BCUT2D eigenvalue weighted by Crippen LogP contribution is -2.26. The van der Waals surface area contributed by atoms with Gasteiger partial charge in [-0.2, -0.15) is 5.10 Å². The molecule has 0 saturated heterocycles. The van der Waals surface area contributed by atoms with Crippen LogP contribution < -0.4 is 5.32 Å². The number of amides is 1. The zero-order chi connectivity index (χ0) is 28.1. The van der Waals surface area contributed by atoms with Gasteiger partial charge in [0.15, 0.2) is 0 Å². The third kappa shape index (κ3) is 5.33. The summed E-state index contributed by atoms with van der Waals surface area (Å²) in [7, 11) is 3.58. The van der Waals surface area contributed by atoms with Gasteiger partial charge < -0.3 is 20.1 Å². The molecule has 39 heavy (non-hydrogen) atoms. The van der Waals surface area contributed by atoms with Gasteiger partial charge in [0.2, 0.25) is 0 Å². The molecule has 2 aliphatic carbocycles. The van der Waals surface area contributed by atoms with E-state index < -0.39 is 17.0 Å². The summed E-state index contributed by atoms with van der Waals surface area (Å²) in [5.74, 6) is 5.56. The van der Waals surface area contributed by atoms with Crippen LogP contribution in [0.2, 0.25) is 5.02 Å². The van der Waals surface area contributed by atoms with Gasteiger partial charge in [0, 0.05) is 25.7 Å². The minimum absolute atomic E-state index is 0.0606. The van der Waals surface area contributed by atoms with Gasteiger partial charge in [0.25, 0.3) is 5.91 Å².